The van der Waals surface area contributed by atoms with Crippen LogP contribution in [0.25, 0.3) is 0 Å². The van der Waals surface area contributed by atoms with Gasteiger partial charge in [0, 0.05) is 12.1 Å². The normalized spacial score (nSPS) is 17.4. The summed E-state index contributed by atoms with van der Waals surface area (Å²) in [6, 6.07) is 16.5. The molecule has 1 atom stereocenters. The van der Waals surface area contributed by atoms with Crippen LogP contribution in [0.1, 0.15) is 6.42 Å². The summed E-state index contributed by atoms with van der Waals surface area (Å²) in [6.45, 7) is 4.01. The quantitative estimate of drug-likeness (QED) is 0.719. The van der Waals surface area contributed by atoms with Gasteiger partial charge in [-0.15, -0.1) is 6.58 Å². The molecule has 0 aliphatic carbocycles. The summed E-state index contributed by atoms with van der Waals surface area (Å²) in [5.41, 5.74) is 0.643. The Hall–Kier alpha value is -3.06. The second-order valence-electron chi connectivity index (χ2n) is 5.72. The third-order valence-corrected chi connectivity index (χ3v) is 4.75. The second kappa shape index (κ2) is 9.05. The van der Waals surface area contributed by atoms with Crippen molar-refractivity contribution < 1.29 is 14.3 Å². The van der Waals surface area contributed by atoms with Crippen LogP contribution in [0, 0.1) is 0 Å². The molecule has 1 saturated heterocycles. The average molecular weight is 381 g/mol. The van der Waals surface area contributed by atoms with E-state index in [1.54, 1.807) is 30.3 Å². The van der Waals surface area contributed by atoms with Crippen molar-refractivity contribution in [3.8, 4) is 11.5 Å². The van der Waals surface area contributed by atoms with Crippen LogP contribution in [0.15, 0.2) is 72.2 Å². The number of nitrogens with one attached hydrogen (secondary N) is 2. The minimum atomic E-state index is -0.478. The van der Waals surface area contributed by atoms with Crippen LogP contribution in [0.5, 0.6) is 11.5 Å². The van der Waals surface area contributed by atoms with E-state index in [1.165, 1.54) is 11.8 Å². The van der Waals surface area contributed by atoms with Crippen molar-refractivity contribution in [2.45, 2.75) is 11.7 Å². The molecule has 7 heteroatoms. The number of rotatable bonds is 7. The molecule has 3 rings (SSSR count). The minimum absolute atomic E-state index is 0.0753. The predicted octanol–water partition coefficient (Wildman–Crippen LogP) is 3.58. The Morgan fingerprint density at radius 1 is 1.19 bits per heavy atom. The van der Waals surface area contributed by atoms with Gasteiger partial charge in [-0.2, -0.15) is 0 Å². The first kappa shape index (κ1) is 18.7. The van der Waals surface area contributed by atoms with Crippen molar-refractivity contribution in [1.29, 1.82) is 0 Å². The first-order valence-corrected chi connectivity index (χ1v) is 9.27. The van der Waals surface area contributed by atoms with Gasteiger partial charge in [0.05, 0.1) is 6.54 Å². The maximum absolute atomic E-state index is 12.2. The topological polar surface area (TPSA) is 79.8 Å². The zero-order valence-electron chi connectivity index (χ0n) is 14.6. The summed E-state index contributed by atoms with van der Waals surface area (Å²) in [5, 5.41) is 5.51. The molecule has 1 aliphatic rings. The van der Waals surface area contributed by atoms with Crippen molar-refractivity contribution in [2.75, 3.05) is 11.9 Å². The smallest absolute Gasteiger partial charge is 0.240 e. The van der Waals surface area contributed by atoms with Gasteiger partial charge in [-0.1, -0.05) is 36.0 Å². The summed E-state index contributed by atoms with van der Waals surface area (Å²) in [4.78, 5) is 28.3. The van der Waals surface area contributed by atoms with E-state index in [0.717, 1.165) is 5.75 Å². The number of aliphatic imine (C=N–C) groups is 1. The lowest BCUT2D eigenvalue weighted by atomic mass is 10.2. The zero-order chi connectivity index (χ0) is 19.1. The molecule has 1 unspecified atom stereocenters. The lowest BCUT2D eigenvalue weighted by Gasteiger charge is -2.09. The minimum Gasteiger partial charge on any atom is -0.457 e. The predicted molar refractivity (Wildman–Crippen MR) is 108 cm³/mol. The second-order valence-corrected chi connectivity index (χ2v) is 6.91. The van der Waals surface area contributed by atoms with Crippen LogP contribution in [0.4, 0.5) is 5.69 Å². The molecule has 2 aromatic rings. The van der Waals surface area contributed by atoms with E-state index < -0.39 is 5.25 Å². The molecular formula is C20H19N3O3S. The van der Waals surface area contributed by atoms with Gasteiger partial charge < -0.3 is 15.4 Å². The third kappa shape index (κ3) is 5.46. The number of benzene rings is 2. The number of thioether (sulfide) groups is 1. The van der Waals surface area contributed by atoms with E-state index in [9.17, 15) is 9.59 Å². The molecule has 0 bridgehead atoms. The standard InChI is InChI=1S/C20H19N3O3S/c1-2-12-21-20-23-19(25)17(27-20)13-18(24)22-14-8-10-16(11-9-14)26-15-6-4-3-5-7-15/h2-11,17H,1,12-13H2,(H,22,24)(H,21,23,25). The van der Waals surface area contributed by atoms with Crippen LogP contribution in [-0.2, 0) is 9.59 Å². The van der Waals surface area contributed by atoms with E-state index >= 15 is 0 Å². The highest BCUT2D eigenvalue weighted by Crippen LogP contribution is 2.25. The highest BCUT2D eigenvalue weighted by atomic mass is 32.2. The first-order chi connectivity index (χ1) is 13.1. The number of nitrogens with zero attached hydrogens (tertiary/aromatic N) is 1. The molecule has 1 fully saturated rings. The van der Waals surface area contributed by atoms with Crippen LogP contribution in [0.2, 0.25) is 0 Å². The number of carbonyl (C=O) groups is 2. The van der Waals surface area contributed by atoms with Gasteiger partial charge in [0.25, 0.3) is 0 Å². The Labute approximate surface area is 161 Å². The Balaban J connectivity index is 1.52. The van der Waals surface area contributed by atoms with Crippen LogP contribution in [-0.4, -0.2) is 28.8 Å². The third-order valence-electron chi connectivity index (χ3n) is 3.63. The van der Waals surface area contributed by atoms with Gasteiger partial charge in [0.2, 0.25) is 11.8 Å². The SMILES string of the molecule is C=CCN=C1NC(=O)C(CC(=O)Nc2ccc(Oc3ccccc3)cc2)S1. The van der Waals surface area contributed by atoms with Gasteiger partial charge in [-0.3, -0.25) is 14.6 Å². The number of amidine groups is 1. The summed E-state index contributed by atoms with van der Waals surface area (Å²) in [6.07, 6.45) is 1.72. The van der Waals surface area contributed by atoms with E-state index in [4.69, 9.17) is 4.74 Å². The molecule has 0 radical (unpaired) electrons. The molecule has 1 aliphatic heterocycles. The molecule has 2 aromatic carbocycles. The summed E-state index contributed by atoms with van der Waals surface area (Å²) in [7, 11) is 0. The molecule has 6 nitrogen and oxygen atoms in total. The molecule has 138 valence electrons. The largest absolute Gasteiger partial charge is 0.457 e. The van der Waals surface area contributed by atoms with Crippen LogP contribution >= 0.6 is 11.8 Å². The number of ether oxygens (including phenoxy) is 1. The van der Waals surface area contributed by atoms with Gasteiger partial charge in [0.15, 0.2) is 5.17 Å². The monoisotopic (exact) mass is 381 g/mol. The maximum atomic E-state index is 12.2. The Bertz CT molecular complexity index is 851. The van der Waals surface area contributed by atoms with Crippen molar-refractivity contribution in [1.82, 2.24) is 5.32 Å². The van der Waals surface area contributed by atoms with Crippen molar-refractivity contribution >= 4 is 34.4 Å². The summed E-state index contributed by atoms with van der Waals surface area (Å²) in [5.74, 6) is 0.981. The molecule has 0 saturated carbocycles. The molecule has 0 aromatic heterocycles. The highest BCUT2D eigenvalue weighted by molar-refractivity contribution is 8.15. The highest BCUT2D eigenvalue weighted by Gasteiger charge is 2.31. The zero-order valence-corrected chi connectivity index (χ0v) is 15.4. The molecular weight excluding hydrogens is 362 g/mol. The summed E-state index contributed by atoms with van der Waals surface area (Å²) >= 11 is 1.26. The van der Waals surface area contributed by atoms with Gasteiger partial charge >= 0.3 is 0 Å². The Kier molecular flexibility index (Phi) is 6.27. The number of anilines is 1. The van der Waals surface area contributed by atoms with Crippen LogP contribution < -0.4 is 15.4 Å². The molecule has 2 amide bonds. The van der Waals surface area contributed by atoms with Gasteiger partial charge in [0.1, 0.15) is 16.7 Å². The number of amides is 2. The Morgan fingerprint density at radius 3 is 2.59 bits per heavy atom. The van der Waals surface area contributed by atoms with E-state index in [1.807, 2.05) is 30.3 Å². The number of para-hydroxylation sites is 1. The molecule has 2 N–H and O–H groups in total. The van der Waals surface area contributed by atoms with E-state index in [2.05, 4.69) is 22.2 Å². The molecule has 27 heavy (non-hydrogen) atoms. The number of hydrogen-bond acceptors (Lipinski definition) is 5. The lowest BCUT2D eigenvalue weighted by molar-refractivity contribution is -0.122. The number of carbonyl (C=O) groups excluding carboxylic acids is 2. The van der Waals surface area contributed by atoms with E-state index in [-0.39, 0.29) is 18.2 Å². The fourth-order valence-corrected chi connectivity index (χ4v) is 3.35. The first-order valence-electron chi connectivity index (χ1n) is 8.40. The fourth-order valence-electron chi connectivity index (χ4n) is 2.37. The summed E-state index contributed by atoms with van der Waals surface area (Å²) < 4.78 is 5.71. The molecule has 1 heterocycles. The van der Waals surface area contributed by atoms with Crippen LogP contribution in [0.3, 0.4) is 0 Å². The fraction of sp³-hybridized carbons (Fsp3) is 0.150. The maximum Gasteiger partial charge on any atom is 0.240 e. The molecule has 0 spiro atoms. The van der Waals surface area contributed by atoms with Gasteiger partial charge in [-0.05, 0) is 36.4 Å². The van der Waals surface area contributed by atoms with E-state index in [0.29, 0.717) is 23.1 Å². The van der Waals surface area contributed by atoms with Crippen molar-refractivity contribution in [3.63, 3.8) is 0 Å². The van der Waals surface area contributed by atoms with Crippen molar-refractivity contribution in [3.05, 3.63) is 67.3 Å². The van der Waals surface area contributed by atoms with Gasteiger partial charge in [-0.25, -0.2) is 0 Å². The number of hydrogen-bond donors (Lipinski definition) is 2. The lowest BCUT2D eigenvalue weighted by Crippen LogP contribution is -2.28. The van der Waals surface area contributed by atoms with Crippen molar-refractivity contribution in [2.24, 2.45) is 4.99 Å². The Morgan fingerprint density at radius 2 is 1.89 bits per heavy atom. The average Bonchev–Trinajstić information content (AvgIpc) is 3.02.